The van der Waals surface area contributed by atoms with Crippen molar-refractivity contribution in [3.05, 3.63) is 78.1 Å². The summed E-state index contributed by atoms with van der Waals surface area (Å²) >= 11 is 0. The van der Waals surface area contributed by atoms with E-state index < -0.39 is 31.1 Å². The minimum absolute atomic E-state index is 0.0679. The van der Waals surface area contributed by atoms with Gasteiger partial charge in [-0.1, -0.05) is 60.7 Å². The summed E-state index contributed by atoms with van der Waals surface area (Å²) in [6, 6.07) is 21.1. The molecule has 1 unspecified atom stereocenters. The van der Waals surface area contributed by atoms with Crippen molar-refractivity contribution in [2.45, 2.75) is 42.9 Å². The maximum absolute atomic E-state index is 10.8. The van der Waals surface area contributed by atoms with Crippen molar-refractivity contribution in [2.24, 2.45) is 0 Å². The van der Waals surface area contributed by atoms with E-state index in [-0.39, 0.29) is 5.92 Å². The number of aromatic nitrogens is 4. The minimum Gasteiger partial charge on any atom is -0.394 e. The molecule has 216 valence electrons. The van der Waals surface area contributed by atoms with Crippen molar-refractivity contribution in [3.8, 4) is 0 Å². The van der Waals surface area contributed by atoms with Gasteiger partial charge in [-0.2, -0.15) is 9.97 Å². The third-order valence-corrected chi connectivity index (χ3v) is 8.25. The molecule has 6 rings (SSSR count). The standard InChI is InChI=1S/C30H37N7O4/c1-35(2)21-13-14-36(16-21)30-33-27(31-15-22(19-9-5-3-6-10-19)20-11-7-4-8-12-20)24-28(34-30)37(18-32-24)29-26(40)25(39)23(17-38)41-29/h3-12,18,21-23,25-26,29,38-40H,13-17H2,1-2H3,(H,31,33,34)/t21?,23-,25-,26-,29-/m1/s1. The number of aliphatic hydroxyl groups is 3. The number of nitrogens with one attached hydrogen (secondary N) is 1. The number of anilines is 2. The largest absolute Gasteiger partial charge is 0.394 e. The highest BCUT2D eigenvalue weighted by Crippen LogP contribution is 2.34. The third-order valence-electron chi connectivity index (χ3n) is 8.25. The highest BCUT2D eigenvalue weighted by atomic mass is 16.6. The SMILES string of the molecule is CN(C)C1CCN(c2nc(NCC(c3ccccc3)c3ccccc3)c3ncn([C@@H]4O[C@H](CO)[C@@H](O)[C@H]4O)c3n2)C1. The average Bonchev–Trinajstić information content (AvgIpc) is 3.73. The molecular weight excluding hydrogens is 522 g/mol. The Hall–Kier alpha value is -3.61. The molecule has 2 fully saturated rings. The van der Waals surface area contributed by atoms with E-state index in [4.69, 9.17) is 14.7 Å². The normalized spacial score (nSPS) is 24.7. The molecule has 0 spiro atoms. The summed E-state index contributed by atoms with van der Waals surface area (Å²) in [6.45, 7) is 1.76. The molecule has 0 radical (unpaired) electrons. The van der Waals surface area contributed by atoms with Crippen molar-refractivity contribution >= 4 is 22.9 Å². The van der Waals surface area contributed by atoms with Crippen LogP contribution in [0.2, 0.25) is 0 Å². The van der Waals surface area contributed by atoms with E-state index in [1.807, 2.05) is 36.4 Å². The van der Waals surface area contributed by atoms with E-state index in [1.54, 1.807) is 10.9 Å². The number of nitrogens with zero attached hydrogens (tertiary/aromatic N) is 6. The number of hydrogen-bond donors (Lipinski definition) is 4. The first-order valence-electron chi connectivity index (χ1n) is 14.1. The van der Waals surface area contributed by atoms with E-state index in [9.17, 15) is 15.3 Å². The van der Waals surface area contributed by atoms with Gasteiger partial charge in [-0.3, -0.25) is 4.57 Å². The number of fused-ring (bicyclic) bond motifs is 1. The molecule has 4 N–H and O–H groups in total. The Morgan fingerprint density at radius 1 is 1.00 bits per heavy atom. The van der Waals surface area contributed by atoms with Gasteiger partial charge in [0.25, 0.3) is 0 Å². The van der Waals surface area contributed by atoms with Crippen molar-refractivity contribution in [3.63, 3.8) is 0 Å². The Balaban J connectivity index is 1.38. The fraction of sp³-hybridized carbons (Fsp3) is 0.433. The quantitative estimate of drug-likeness (QED) is 0.241. The van der Waals surface area contributed by atoms with Crippen molar-refractivity contribution in [1.29, 1.82) is 0 Å². The number of hydrogen-bond acceptors (Lipinski definition) is 10. The van der Waals surface area contributed by atoms with Gasteiger partial charge in [-0.15, -0.1) is 0 Å². The molecule has 5 atom stereocenters. The summed E-state index contributed by atoms with van der Waals surface area (Å²) in [5.41, 5.74) is 3.38. The Morgan fingerprint density at radius 3 is 2.27 bits per heavy atom. The molecular formula is C30H37N7O4. The number of ether oxygens (including phenoxy) is 1. The fourth-order valence-corrected chi connectivity index (χ4v) is 5.81. The summed E-state index contributed by atoms with van der Waals surface area (Å²) in [7, 11) is 4.16. The number of benzene rings is 2. The zero-order chi connectivity index (χ0) is 28.5. The van der Waals surface area contributed by atoms with Gasteiger partial charge in [0.05, 0.1) is 12.9 Å². The zero-order valence-corrected chi connectivity index (χ0v) is 23.3. The Labute approximate surface area is 239 Å². The van der Waals surface area contributed by atoms with Crippen LogP contribution in [0.1, 0.15) is 29.7 Å². The van der Waals surface area contributed by atoms with Crippen molar-refractivity contribution in [1.82, 2.24) is 24.4 Å². The van der Waals surface area contributed by atoms with Crippen molar-refractivity contribution < 1.29 is 20.1 Å². The van der Waals surface area contributed by atoms with Crippen LogP contribution >= 0.6 is 0 Å². The molecule has 2 aliphatic heterocycles. The summed E-state index contributed by atoms with van der Waals surface area (Å²) < 4.78 is 7.45. The second-order valence-corrected chi connectivity index (χ2v) is 11.0. The van der Waals surface area contributed by atoms with Crippen LogP contribution in [0.3, 0.4) is 0 Å². The van der Waals surface area contributed by atoms with Crippen LogP contribution in [-0.2, 0) is 4.74 Å². The summed E-state index contributed by atoms with van der Waals surface area (Å²) in [4.78, 5) is 18.8. The van der Waals surface area contributed by atoms with Crippen LogP contribution in [0, 0.1) is 0 Å². The minimum atomic E-state index is -1.25. The van der Waals surface area contributed by atoms with E-state index >= 15 is 0 Å². The van der Waals surface area contributed by atoms with Gasteiger partial charge in [0.1, 0.15) is 18.3 Å². The lowest BCUT2D eigenvalue weighted by molar-refractivity contribution is -0.0511. The Morgan fingerprint density at radius 2 is 1.68 bits per heavy atom. The van der Waals surface area contributed by atoms with Crippen LogP contribution in [0.5, 0.6) is 0 Å². The first-order chi connectivity index (χ1) is 19.9. The third kappa shape index (κ3) is 5.39. The lowest BCUT2D eigenvalue weighted by Gasteiger charge is -2.23. The lowest BCUT2D eigenvalue weighted by Crippen LogP contribution is -2.33. The smallest absolute Gasteiger partial charge is 0.229 e. The summed E-state index contributed by atoms with van der Waals surface area (Å²) in [5.74, 6) is 1.22. The monoisotopic (exact) mass is 559 g/mol. The van der Waals surface area contributed by atoms with Crippen LogP contribution in [0.4, 0.5) is 11.8 Å². The predicted octanol–water partition coefficient (Wildman–Crippen LogP) is 1.82. The van der Waals surface area contributed by atoms with Crippen LogP contribution in [0.15, 0.2) is 67.0 Å². The maximum atomic E-state index is 10.8. The molecule has 2 aromatic heterocycles. The van der Waals surface area contributed by atoms with Crippen molar-refractivity contribution in [2.75, 3.05) is 50.6 Å². The second-order valence-electron chi connectivity index (χ2n) is 11.0. The Bertz CT molecular complexity index is 1410. The number of rotatable bonds is 9. The number of imidazole rings is 1. The van der Waals surface area contributed by atoms with Gasteiger partial charge in [0.15, 0.2) is 23.2 Å². The first kappa shape index (κ1) is 27.6. The first-order valence-corrected chi connectivity index (χ1v) is 14.1. The van der Waals surface area contributed by atoms with Gasteiger partial charge in [0, 0.05) is 31.6 Å². The fourth-order valence-electron chi connectivity index (χ4n) is 5.81. The number of aliphatic hydroxyl groups excluding tert-OH is 3. The molecule has 0 bridgehead atoms. The molecule has 4 heterocycles. The Kier molecular flexibility index (Phi) is 7.87. The highest BCUT2D eigenvalue weighted by molar-refractivity contribution is 5.84. The molecule has 2 saturated heterocycles. The van der Waals surface area contributed by atoms with Crippen LogP contribution < -0.4 is 10.2 Å². The van der Waals surface area contributed by atoms with Gasteiger partial charge in [-0.05, 0) is 31.6 Å². The molecule has 11 nitrogen and oxygen atoms in total. The average molecular weight is 560 g/mol. The van der Waals surface area contributed by atoms with Crippen LogP contribution in [0.25, 0.3) is 11.2 Å². The van der Waals surface area contributed by atoms with Crippen LogP contribution in [-0.4, -0.2) is 104 Å². The summed E-state index contributed by atoms with van der Waals surface area (Å²) in [6.07, 6.45) is -1.77. The molecule has 0 saturated carbocycles. The number of likely N-dealkylation sites (N-methyl/N-ethyl adjacent to an activating group) is 1. The predicted molar refractivity (Wildman–Crippen MR) is 156 cm³/mol. The van der Waals surface area contributed by atoms with Gasteiger partial charge in [-0.25, -0.2) is 4.98 Å². The van der Waals surface area contributed by atoms with E-state index in [0.29, 0.717) is 35.5 Å². The summed E-state index contributed by atoms with van der Waals surface area (Å²) in [5, 5.41) is 34.3. The van der Waals surface area contributed by atoms with E-state index in [2.05, 4.69) is 58.5 Å². The van der Waals surface area contributed by atoms with E-state index in [0.717, 1.165) is 19.5 Å². The van der Waals surface area contributed by atoms with E-state index in [1.165, 1.54) is 11.1 Å². The van der Waals surface area contributed by atoms with Gasteiger partial charge in [0.2, 0.25) is 5.95 Å². The maximum Gasteiger partial charge on any atom is 0.229 e. The highest BCUT2D eigenvalue weighted by Gasteiger charge is 2.44. The molecule has 2 aromatic carbocycles. The molecule has 41 heavy (non-hydrogen) atoms. The molecule has 4 aromatic rings. The molecule has 11 heteroatoms. The topological polar surface area (TPSA) is 132 Å². The second kappa shape index (κ2) is 11.7. The lowest BCUT2D eigenvalue weighted by atomic mass is 9.91. The van der Waals surface area contributed by atoms with Gasteiger partial charge < -0.3 is 35.2 Å². The molecule has 0 amide bonds. The molecule has 0 aliphatic carbocycles. The molecule has 2 aliphatic rings. The zero-order valence-electron chi connectivity index (χ0n) is 23.3. The van der Waals surface area contributed by atoms with Gasteiger partial charge >= 0.3 is 0 Å².